The Morgan fingerprint density at radius 3 is 1.50 bits per heavy atom. The van der Waals surface area contributed by atoms with Crippen LogP contribution in [0.1, 0.15) is 22.3 Å². The van der Waals surface area contributed by atoms with Gasteiger partial charge in [0.15, 0.2) is 0 Å². The minimum atomic E-state index is 1.35. The Hall–Kier alpha value is -1.30. The minimum absolute atomic E-state index is 1.35. The molecule has 0 aliphatic rings. The van der Waals surface area contributed by atoms with E-state index in [-0.39, 0.29) is 0 Å². The molecule has 2 aromatic carbocycles. The molecule has 0 nitrogen and oxygen atoms in total. The summed E-state index contributed by atoms with van der Waals surface area (Å²) < 4.78 is 0. The van der Waals surface area contributed by atoms with Crippen LogP contribution in [0.2, 0.25) is 0 Å². The molecular formula is C14H16. The maximum absolute atomic E-state index is 2.27. The molecule has 14 heavy (non-hydrogen) atoms. The van der Waals surface area contributed by atoms with Crippen LogP contribution < -0.4 is 0 Å². The Balaban J connectivity index is 2.94. The monoisotopic (exact) mass is 184 g/mol. The van der Waals surface area contributed by atoms with E-state index < -0.39 is 0 Å². The Bertz CT molecular complexity index is 450. The average Bonchev–Trinajstić information content (AvgIpc) is 1.99. The second-order valence-corrected chi connectivity index (χ2v) is 4.26. The third-order valence-electron chi connectivity index (χ3n) is 2.73. The van der Waals surface area contributed by atoms with E-state index in [0.717, 1.165) is 0 Å². The van der Waals surface area contributed by atoms with Crippen LogP contribution in [-0.2, 0) is 0 Å². The first-order valence-electron chi connectivity index (χ1n) is 5.06. The van der Waals surface area contributed by atoms with E-state index in [2.05, 4.69) is 52.0 Å². The number of benzene rings is 2. The van der Waals surface area contributed by atoms with Crippen molar-refractivity contribution in [3.63, 3.8) is 0 Å². The lowest BCUT2D eigenvalue weighted by molar-refractivity contribution is 1.37. The van der Waals surface area contributed by atoms with Crippen molar-refractivity contribution in [2.75, 3.05) is 0 Å². The predicted octanol–water partition coefficient (Wildman–Crippen LogP) is 4.07. The zero-order chi connectivity index (χ0) is 10.3. The fourth-order valence-corrected chi connectivity index (χ4v) is 2.35. The van der Waals surface area contributed by atoms with Crippen LogP contribution in [0.3, 0.4) is 0 Å². The van der Waals surface area contributed by atoms with Crippen molar-refractivity contribution in [1.29, 1.82) is 0 Å². The summed E-state index contributed by atoms with van der Waals surface area (Å²) in [5.74, 6) is 0. The van der Waals surface area contributed by atoms with E-state index in [9.17, 15) is 0 Å². The molecule has 0 saturated heterocycles. The second kappa shape index (κ2) is 3.13. The van der Waals surface area contributed by atoms with E-state index in [4.69, 9.17) is 0 Å². The summed E-state index contributed by atoms with van der Waals surface area (Å²) in [5.41, 5.74) is 5.47. The van der Waals surface area contributed by atoms with Gasteiger partial charge < -0.3 is 0 Å². The molecule has 0 unspecified atom stereocenters. The van der Waals surface area contributed by atoms with Gasteiger partial charge in [0.25, 0.3) is 0 Å². The Labute approximate surface area is 85.6 Å². The first kappa shape index (κ1) is 9.26. The SMILES string of the molecule is Cc1cc(C)c2c(C)cc(C)cc2c1. The molecule has 2 aromatic rings. The van der Waals surface area contributed by atoms with Crippen LogP contribution >= 0.6 is 0 Å². The highest BCUT2D eigenvalue weighted by atomic mass is 14.1. The quantitative estimate of drug-likeness (QED) is 0.579. The van der Waals surface area contributed by atoms with Gasteiger partial charge in [-0.25, -0.2) is 0 Å². The standard InChI is InChI=1S/C14H16/c1-9-5-11(3)14-12(4)6-10(2)8-13(14)7-9/h5-8H,1-4H3. The molecule has 0 aliphatic carbocycles. The van der Waals surface area contributed by atoms with Crippen molar-refractivity contribution >= 4 is 10.8 Å². The topological polar surface area (TPSA) is 0 Å². The van der Waals surface area contributed by atoms with Gasteiger partial charge in [-0.1, -0.05) is 35.4 Å². The minimum Gasteiger partial charge on any atom is -0.0557 e. The summed E-state index contributed by atoms with van der Waals surface area (Å²) in [5, 5.41) is 2.79. The van der Waals surface area contributed by atoms with Crippen LogP contribution in [0.15, 0.2) is 24.3 Å². The van der Waals surface area contributed by atoms with Gasteiger partial charge in [-0.3, -0.25) is 0 Å². The highest BCUT2D eigenvalue weighted by Gasteiger charge is 2.02. The molecule has 0 heteroatoms. The summed E-state index contributed by atoms with van der Waals surface area (Å²) in [7, 11) is 0. The van der Waals surface area contributed by atoms with Gasteiger partial charge in [-0.05, 0) is 49.6 Å². The molecule has 0 amide bonds. The molecule has 0 saturated carbocycles. The van der Waals surface area contributed by atoms with Crippen molar-refractivity contribution < 1.29 is 0 Å². The van der Waals surface area contributed by atoms with E-state index in [1.165, 1.54) is 33.0 Å². The van der Waals surface area contributed by atoms with Gasteiger partial charge in [0, 0.05) is 0 Å². The summed E-state index contributed by atoms with van der Waals surface area (Å²) in [4.78, 5) is 0. The van der Waals surface area contributed by atoms with E-state index in [0.29, 0.717) is 0 Å². The molecule has 0 N–H and O–H groups in total. The Morgan fingerprint density at radius 1 is 0.643 bits per heavy atom. The van der Waals surface area contributed by atoms with Crippen LogP contribution in [0.25, 0.3) is 10.8 Å². The molecule has 0 spiro atoms. The number of fused-ring (bicyclic) bond motifs is 1. The molecule has 0 atom stereocenters. The zero-order valence-corrected chi connectivity index (χ0v) is 9.31. The van der Waals surface area contributed by atoms with Gasteiger partial charge >= 0.3 is 0 Å². The maximum Gasteiger partial charge on any atom is -0.0125 e. The van der Waals surface area contributed by atoms with Gasteiger partial charge in [0.2, 0.25) is 0 Å². The van der Waals surface area contributed by atoms with Gasteiger partial charge in [-0.15, -0.1) is 0 Å². The van der Waals surface area contributed by atoms with Gasteiger partial charge in [0.05, 0.1) is 0 Å². The summed E-state index contributed by atoms with van der Waals surface area (Å²) in [6.45, 7) is 8.70. The first-order chi connectivity index (χ1) is 6.58. The van der Waals surface area contributed by atoms with Crippen molar-refractivity contribution in [3.05, 3.63) is 46.5 Å². The molecular weight excluding hydrogens is 168 g/mol. The van der Waals surface area contributed by atoms with E-state index in [1.807, 2.05) is 0 Å². The zero-order valence-electron chi connectivity index (χ0n) is 9.31. The highest BCUT2D eigenvalue weighted by molar-refractivity contribution is 5.89. The number of aryl methyl sites for hydroxylation is 4. The predicted molar refractivity (Wildman–Crippen MR) is 62.9 cm³/mol. The molecule has 0 aromatic heterocycles. The number of hydrogen-bond donors (Lipinski definition) is 0. The maximum atomic E-state index is 2.27. The van der Waals surface area contributed by atoms with Crippen LogP contribution in [0.4, 0.5) is 0 Å². The van der Waals surface area contributed by atoms with Gasteiger partial charge in [-0.2, -0.15) is 0 Å². The van der Waals surface area contributed by atoms with Crippen molar-refractivity contribution in [2.24, 2.45) is 0 Å². The molecule has 72 valence electrons. The van der Waals surface area contributed by atoms with Gasteiger partial charge in [0.1, 0.15) is 0 Å². The highest BCUT2D eigenvalue weighted by Crippen LogP contribution is 2.25. The lowest BCUT2D eigenvalue weighted by Crippen LogP contribution is -1.86. The average molecular weight is 184 g/mol. The van der Waals surface area contributed by atoms with E-state index >= 15 is 0 Å². The summed E-state index contributed by atoms with van der Waals surface area (Å²) in [6.07, 6.45) is 0. The molecule has 0 bridgehead atoms. The second-order valence-electron chi connectivity index (χ2n) is 4.26. The molecule has 0 aliphatic heterocycles. The third-order valence-corrected chi connectivity index (χ3v) is 2.73. The Morgan fingerprint density at radius 2 is 1.07 bits per heavy atom. The van der Waals surface area contributed by atoms with E-state index in [1.54, 1.807) is 0 Å². The lowest BCUT2D eigenvalue weighted by Gasteiger charge is -2.08. The van der Waals surface area contributed by atoms with Crippen LogP contribution in [-0.4, -0.2) is 0 Å². The normalized spacial score (nSPS) is 10.9. The van der Waals surface area contributed by atoms with Crippen LogP contribution in [0.5, 0.6) is 0 Å². The van der Waals surface area contributed by atoms with Crippen molar-refractivity contribution in [2.45, 2.75) is 27.7 Å². The molecule has 0 fully saturated rings. The van der Waals surface area contributed by atoms with Crippen molar-refractivity contribution in [3.8, 4) is 0 Å². The summed E-state index contributed by atoms with van der Waals surface area (Å²) >= 11 is 0. The Kier molecular flexibility index (Phi) is 2.07. The fourth-order valence-electron chi connectivity index (χ4n) is 2.35. The lowest BCUT2D eigenvalue weighted by atomic mass is 9.96. The largest absolute Gasteiger partial charge is 0.0557 e. The third kappa shape index (κ3) is 1.41. The van der Waals surface area contributed by atoms with Crippen molar-refractivity contribution in [1.82, 2.24) is 0 Å². The molecule has 2 rings (SSSR count). The number of rotatable bonds is 0. The summed E-state index contributed by atoms with van der Waals surface area (Å²) in [6, 6.07) is 9.04. The fraction of sp³-hybridized carbons (Fsp3) is 0.286. The molecule has 0 heterocycles. The number of hydrogen-bond acceptors (Lipinski definition) is 0. The first-order valence-corrected chi connectivity index (χ1v) is 5.06. The molecule has 0 radical (unpaired) electrons. The smallest absolute Gasteiger partial charge is 0.0125 e. The van der Waals surface area contributed by atoms with Crippen LogP contribution in [0, 0.1) is 27.7 Å².